The van der Waals surface area contributed by atoms with Crippen LogP contribution in [-0.4, -0.2) is 56.3 Å². The maximum absolute atomic E-state index is 14.0. The molecule has 0 N–H and O–H groups in total. The number of rotatable bonds is 8. The van der Waals surface area contributed by atoms with Crippen LogP contribution in [0.4, 0.5) is 10.2 Å². The minimum Gasteiger partial charge on any atom is -0.463 e. The van der Waals surface area contributed by atoms with Gasteiger partial charge in [0.15, 0.2) is 5.79 Å². The summed E-state index contributed by atoms with van der Waals surface area (Å²) in [5.74, 6) is -1.18. The molecule has 0 saturated carbocycles. The van der Waals surface area contributed by atoms with E-state index in [-0.39, 0.29) is 42.4 Å². The van der Waals surface area contributed by atoms with Crippen molar-refractivity contribution in [1.29, 1.82) is 0 Å². The third-order valence-corrected chi connectivity index (χ3v) is 8.22. The van der Waals surface area contributed by atoms with E-state index in [0.717, 1.165) is 27.9 Å². The summed E-state index contributed by atoms with van der Waals surface area (Å²) in [5.41, 5.74) is 4.01. The van der Waals surface area contributed by atoms with Gasteiger partial charge in [-0.2, -0.15) is 0 Å². The molecule has 2 atom stereocenters. The molecule has 1 aromatic carbocycles. The molecule has 1 saturated heterocycles. The molecule has 2 aliphatic heterocycles. The zero-order valence-corrected chi connectivity index (χ0v) is 25.8. The number of sulfonamides is 1. The summed E-state index contributed by atoms with van der Waals surface area (Å²) in [4.78, 5) is 17.3. The van der Waals surface area contributed by atoms with E-state index in [1.54, 1.807) is 12.1 Å². The lowest BCUT2D eigenvalue weighted by Gasteiger charge is -2.39. The molecule has 10 heteroatoms. The van der Waals surface area contributed by atoms with Crippen molar-refractivity contribution in [3.8, 4) is 11.1 Å². The first-order valence-corrected chi connectivity index (χ1v) is 16.0. The normalized spacial score (nSPS) is 21.0. The van der Waals surface area contributed by atoms with Crippen molar-refractivity contribution in [1.82, 2.24) is 4.98 Å². The zero-order valence-electron chi connectivity index (χ0n) is 24.9. The maximum atomic E-state index is 14.0. The highest BCUT2D eigenvalue weighted by atomic mass is 32.2. The van der Waals surface area contributed by atoms with Gasteiger partial charge in [-0.1, -0.05) is 38.1 Å². The fourth-order valence-corrected chi connectivity index (χ4v) is 6.49. The Bertz CT molecular complexity index is 1400. The predicted molar refractivity (Wildman–Crippen MR) is 158 cm³/mol. The average molecular weight is 589 g/mol. The number of carbonyl (C=O) groups excluding carboxylic acids is 1. The maximum Gasteiger partial charge on any atom is 0.308 e. The van der Waals surface area contributed by atoms with E-state index in [4.69, 9.17) is 19.2 Å². The summed E-state index contributed by atoms with van der Waals surface area (Å²) in [7, 11) is -3.55. The lowest BCUT2D eigenvalue weighted by molar-refractivity contribution is -0.290. The van der Waals surface area contributed by atoms with Crippen LogP contribution in [0.2, 0.25) is 0 Å². The van der Waals surface area contributed by atoms with Gasteiger partial charge in [-0.15, -0.1) is 0 Å². The second-order valence-electron chi connectivity index (χ2n) is 11.8. The Balaban J connectivity index is 1.81. The van der Waals surface area contributed by atoms with E-state index in [0.29, 0.717) is 31.6 Å². The van der Waals surface area contributed by atoms with Gasteiger partial charge >= 0.3 is 5.97 Å². The summed E-state index contributed by atoms with van der Waals surface area (Å²) in [6, 6.07) is 6.26. The van der Waals surface area contributed by atoms with Crippen LogP contribution in [-0.2, 0) is 35.4 Å². The Hall–Kier alpha value is -2.82. The molecule has 0 bridgehead atoms. The number of anilines is 1. The molecule has 0 aliphatic carbocycles. The third-order valence-electron chi connectivity index (χ3n) is 7.07. The fraction of sp³-hybridized carbons (Fsp3) is 0.548. The molecule has 2 aromatic rings. The Morgan fingerprint density at radius 2 is 1.88 bits per heavy atom. The number of aromatic nitrogens is 1. The summed E-state index contributed by atoms with van der Waals surface area (Å²) in [5, 5.41) is 0. The van der Waals surface area contributed by atoms with E-state index < -0.39 is 15.8 Å². The molecule has 0 amide bonds. The first-order chi connectivity index (χ1) is 19.1. The monoisotopic (exact) mass is 588 g/mol. The molecule has 224 valence electrons. The summed E-state index contributed by atoms with van der Waals surface area (Å²) >= 11 is 0. The van der Waals surface area contributed by atoms with E-state index in [1.165, 1.54) is 22.7 Å². The molecule has 41 heavy (non-hydrogen) atoms. The van der Waals surface area contributed by atoms with Crippen LogP contribution in [0.5, 0.6) is 0 Å². The smallest absolute Gasteiger partial charge is 0.308 e. The van der Waals surface area contributed by atoms with Crippen LogP contribution >= 0.6 is 0 Å². The van der Waals surface area contributed by atoms with Crippen molar-refractivity contribution in [2.75, 3.05) is 17.1 Å². The minimum atomic E-state index is -3.55. The van der Waals surface area contributed by atoms with Crippen molar-refractivity contribution < 1.29 is 31.8 Å². The third kappa shape index (κ3) is 7.53. The first-order valence-electron chi connectivity index (χ1n) is 14.2. The second kappa shape index (κ2) is 12.2. The van der Waals surface area contributed by atoms with Crippen molar-refractivity contribution in [3.63, 3.8) is 0 Å². The number of benzene rings is 1. The quantitative estimate of drug-likeness (QED) is 0.350. The number of halogens is 1. The first kappa shape index (κ1) is 31.1. The molecule has 2 aliphatic rings. The number of hydrogen-bond donors (Lipinski definition) is 0. The molecule has 3 heterocycles. The minimum absolute atomic E-state index is 0.0342. The average Bonchev–Trinajstić information content (AvgIpc) is 2.84. The Morgan fingerprint density at radius 1 is 1.20 bits per heavy atom. The molecule has 0 unspecified atom stereocenters. The summed E-state index contributed by atoms with van der Waals surface area (Å²) in [6.07, 6.45) is 6.02. The zero-order chi connectivity index (χ0) is 30.1. The molecule has 1 aromatic heterocycles. The van der Waals surface area contributed by atoms with Gasteiger partial charge < -0.3 is 14.2 Å². The highest BCUT2D eigenvalue weighted by Gasteiger charge is 2.36. The van der Waals surface area contributed by atoms with Gasteiger partial charge in [-0.3, -0.25) is 9.10 Å². The highest BCUT2D eigenvalue weighted by molar-refractivity contribution is 7.92. The van der Waals surface area contributed by atoms with Crippen LogP contribution in [0.3, 0.4) is 0 Å². The summed E-state index contributed by atoms with van der Waals surface area (Å²) in [6.45, 7) is 11.6. The molecule has 1 fully saturated rings. The van der Waals surface area contributed by atoms with Gasteiger partial charge in [0.1, 0.15) is 11.6 Å². The van der Waals surface area contributed by atoms with Crippen molar-refractivity contribution in [2.24, 2.45) is 0 Å². The van der Waals surface area contributed by atoms with Gasteiger partial charge in [0.25, 0.3) is 0 Å². The van der Waals surface area contributed by atoms with Crippen LogP contribution < -0.4 is 4.31 Å². The van der Waals surface area contributed by atoms with Gasteiger partial charge in [0, 0.05) is 24.1 Å². The number of pyridine rings is 1. The van der Waals surface area contributed by atoms with E-state index >= 15 is 0 Å². The number of esters is 1. The molecule has 0 radical (unpaired) electrons. The summed E-state index contributed by atoms with van der Waals surface area (Å²) < 4.78 is 58.3. The lowest BCUT2D eigenvalue weighted by Crippen LogP contribution is -2.44. The standard InChI is InChI=1S/C31H41FN2O6S/c1-19(2)29-25(15-14-23-17-24(40-31(5,6)39-23)18-27(35)38-20(3)4)28(21-10-12-22(32)13-11-21)26-9-8-16-34(30(26)33-29)41(7,36)37/h10-15,19-20,23-24H,8-9,16-18H2,1-7H3/b15-14+/t23-,24-/m1/s1. The van der Waals surface area contributed by atoms with Crippen molar-refractivity contribution in [3.05, 3.63) is 53.0 Å². The molecule has 8 nitrogen and oxygen atoms in total. The largest absolute Gasteiger partial charge is 0.463 e. The molecule has 0 spiro atoms. The number of carbonyl (C=O) groups is 1. The Labute approximate surface area is 242 Å². The number of nitrogens with zero attached hydrogens (tertiary/aromatic N) is 2. The Morgan fingerprint density at radius 3 is 2.49 bits per heavy atom. The van der Waals surface area contributed by atoms with E-state index in [2.05, 4.69) is 0 Å². The van der Waals surface area contributed by atoms with Gasteiger partial charge in [-0.05, 0) is 69.7 Å². The Kier molecular flexibility index (Phi) is 9.26. The van der Waals surface area contributed by atoms with Crippen LogP contribution in [0.1, 0.15) is 83.5 Å². The SMILES string of the molecule is CC(C)OC(=O)C[C@H]1C[C@@H](/C=C/c2c(C(C)C)nc3c(c2-c2ccc(F)cc2)CCCN3S(C)(=O)=O)OC(C)(C)O1. The van der Waals surface area contributed by atoms with Crippen LogP contribution in [0.25, 0.3) is 17.2 Å². The van der Waals surface area contributed by atoms with E-state index in [9.17, 15) is 17.6 Å². The van der Waals surface area contributed by atoms with E-state index in [1.807, 2.05) is 53.7 Å². The molecular weight excluding hydrogens is 547 g/mol. The van der Waals surface area contributed by atoms with Crippen molar-refractivity contribution in [2.45, 2.75) is 97.2 Å². The van der Waals surface area contributed by atoms with Gasteiger partial charge in [0.05, 0.1) is 36.7 Å². The van der Waals surface area contributed by atoms with Gasteiger partial charge in [-0.25, -0.2) is 17.8 Å². The van der Waals surface area contributed by atoms with Gasteiger partial charge in [0.2, 0.25) is 10.0 Å². The number of hydrogen-bond acceptors (Lipinski definition) is 7. The predicted octanol–water partition coefficient (Wildman–Crippen LogP) is 5.99. The number of fused-ring (bicyclic) bond motifs is 1. The fourth-order valence-electron chi connectivity index (χ4n) is 5.56. The number of ether oxygens (including phenoxy) is 3. The van der Waals surface area contributed by atoms with Crippen molar-refractivity contribution >= 4 is 27.9 Å². The molecule has 4 rings (SSSR count). The molecular formula is C31H41FN2O6S. The van der Waals surface area contributed by atoms with Crippen LogP contribution in [0.15, 0.2) is 30.3 Å². The second-order valence-corrected chi connectivity index (χ2v) is 13.7. The highest BCUT2D eigenvalue weighted by Crippen LogP contribution is 2.42. The lowest BCUT2D eigenvalue weighted by atomic mass is 9.87. The van der Waals surface area contributed by atoms with Crippen LogP contribution in [0, 0.1) is 5.82 Å². The topological polar surface area (TPSA) is 95.0 Å².